The predicted octanol–water partition coefficient (Wildman–Crippen LogP) is 7.12. The van der Waals surface area contributed by atoms with Crippen LogP contribution in [0.5, 0.6) is 5.75 Å². The molecule has 0 aliphatic heterocycles. The van der Waals surface area contributed by atoms with Crippen LogP contribution < -0.4 is 4.74 Å². The summed E-state index contributed by atoms with van der Waals surface area (Å²) in [6.45, 7) is 8.01. The molecule has 1 aromatic heterocycles. The lowest BCUT2D eigenvalue weighted by Gasteiger charge is -2.14. The molecule has 0 spiro atoms. The van der Waals surface area contributed by atoms with Gasteiger partial charge in [-0.15, -0.1) is 0 Å². The topological polar surface area (TPSA) is 39.2 Å². The summed E-state index contributed by atoms with van der Waals surface area (Å²) in [6.07, 6.45) is 0. The SMILES string of the molecule is Cc1cc(C)c2nc(-c3ccc(Br)cc3)cc(C(=O)Oc3cccc(C)c3C)c2c1. The van der Waals surface area contributed by atoms with Crippen molar-refractivity contribution in [3.63, 3.8) is 0 Å². The summed E-state index contributed by atoms with van der Waals surface area (Å²) in [5.74, 6) is 0.207. The van der Waals surface area contributed by atoms with Gasteiger partial charge in [-0.3, -0.25) is 0 Å². The highest BCUT2D eigenvalue weighted by molar-refractivity contribution is 9.10. The molecule has 150 valence electrons. The molecule has 0 N–H and O–H groups in total. The van der Waals surface area contributed by atoms with Crippen molar-refractivity contribution >= 4 is 32.8 Å². The first-order chi connectivity index (χ1) is 14.3. The van der Waals surface area contributed by atoms with Gasteiger partial charge < -0.3 is 4.74 Å². The second-order valence-electron chi connectivity index (χ2n) is 7.63. The van der Waals surface area contributed by atoms with Crippen LogP contribution in [0, 0.1) is 27.7 Å². The first-order valence-corrected chi connectivity index (χ1v) is 10.6. The highest BCUT2D eigenvalue weighted by Crippen LogP contribution is 2.30. The molecule has 30 heavy (non-hydrogen) atoms. The van der Waals surface area contributed by atoms with E-state index in [4.69, 9.17) is 9.72 Å². The summed E-state index contributed by atoms with van der Waals surface area (Å²) in [4.78, 5) is 18.2. The summed E-state index contributed by atoms with van der Waals surface area (Å²) >= 11 is 3.47. The Morgan fingerprint density at radius 1 is 0.900 bits per heavy atom. The van der Waals surface area contributed by atoms with Gasteiger partial charge in [-0.1, -0.05) is 51.8 Å². The Morgan fingerprint density at radius 3 is 2.37 bits per heavy atom. The molecular formula is C26H22BrNO2. The number of aryl methyl sites for hydroxylation is 3. The summed E-state index contributed by atoms with van der Waals surface area (Å²) in [6, 6.07) is 19.6. The summed E-state index contributed by atoms with van der Waals surface area (Å²) in [7, 11) is 0. The summed E-state index contributed by atoms with van der Waals surface area (Å²) < 4.78 is 6.83. The summed E-state index contributed by atoms with van der Waals surface area (Å²) in [5, 5.41) is 0.809. The number of benzene rings is 3. The van der Waals surface area contributed by atoms with Crippen molar-refractivity contribution in [1.82, 2.24) is 4.98 Å². The van der Waals surface area contributed by atoms with Crippen LogP contribution in [0.15, 0.2) is 65.1 Å². The number of hydrogen-bond acceptors (Lipinski definition) is 3. The maximum absolute atomic E-state index is 13.3. The Hall–Kier alpha value is -2.98. The minimum absolute atomic E-state index is 0.375. The van der Waals surface area contributed by atoms with Gasteiger partial charge in [0.15, 0.2) is 0 Å². The van der Waals surface area contributed by atoms with Crippen molar-refractivity contribution in [2.45, 2.75) is 27.7 Å². The molecule has 0 aliphatic rings. The van der Waals surface area contributed by atoms with Crippen LogP contribution in [0.1, 0.15) is 32.6 Å². The van der Waals surface area contributed by atoms with E-state index in [-0.39, 0.29) is 5.97 Å². The van der Waals surface area contributed by atoms with Crippen molar-refractivity contribution in [3.8, 4) is 17.0 Å². The Morgan fingerprint density at radius 2 is 1.63 bits per heavy atom. The Bertz CT molecular complexity index is 1280. The van der Waals surface area contributed by atoms with E-state index in [9.17, 15) is 4.79 Å². The molecule has 4 rings (SSSR count). The number of carbonyl (C=O) groups excluding carboxylic acids is 1. The smallest absolute Gasteiger partial charge is 0.344 e. The Balaban J connectivity index is 1.89. The van der Waals surface area contributed by atoms with E-state index in [2.05, 4.69) is 22.0 Å². The third-order valence-corrected chi connectivity index (χ3v) is 5.89. The van der Waals surface area contributed by atoms with Gasteiger partial charge >= 0.3 is 5.97 Å². The number of halogens is 1. The first-order valence-electron chi connectivity index (χ1n) is 9.80. The van der Waals surface area contributed by atoms with E-state index in [0.29, 0.717) is 11.3 Å². The molecule has 0 saturated heterocycles. The fourth-order valence-electron chi connectivity index (χ4n) is 3.61. The fourth-order valence-corrected chi connectivity index (χ4v) is 3.87. The average Bonchev–Trinajstić information content (AvgIpc) is 2.71. The molecule has 3 nitrogen and oxygen atoms in total. The quantitative estimate of drug-likeness (QED) is 0.241. The van der Waals surface area contributed by atoms with Crippen molar-refractivity contribution in [1.29, 1.82) is 0 Å². The normalized spacial score (nSPS) is 11.0. The number of carbonyl (C=O) groups is 1. The molecule has 0 atom stereocenters. The van der Waals surface area contributed by atoms with Crippen LogP contribution in [-0.4, -0.2) is 11.0 Å². The number of pyridine rings is 1. The first kappa shape index (κ1) is 20.3. The number of hydrogen-bond donors (Lipinski definition) is 0. The summed E-state index contributed by atoms with van der Waals surface area (Å²) in [5.41, 5.74) is 7.19. The molecule has 4 heteroatoms. The number of aromatic nitrogens is 1. The lowest BCUT2D eigenvalue weighted by atomic mass is 10.00. The number of ether oxygens (including phenoxy) is 1. The van der Waals surface area contributed by atoms with Gasteiger partial charge in [0, 0.05) is 15.4 Å². The largest absolute Gasteiger partial charge is 0.423 e. The molecule has 1 heterocycles. The Kier molecular flexibility index (Phi) is 5.44. The van der Waals surface area contributed by atoms with E-state index in [1.165, 1.54) is 0 Å². The van der Waals surface area contributed by atoms with Gasteiger partial charge in [-0.25, -0.2) is 9.78 Å². The number of fused-ring (bicyclic) bond motifs is 1. The third-order valence-electron chi connectivity index (χ3n) is 5.37. The van der Waals surface area contributed by atoms with Gasteiger partial charge in [0.05, 0.1) is 16.8 Å². The van der Waals surface area contributed by atoms with Gasteiger partial charge in [0.1, 0.15) is 5.75 Å². The predicted molar refractivity (Wildman–Crippen MR) is 125 cm³/mol. The highest BCUT2D eigenvalue weighted by Gasteiger charge is 2.18. The Labute approximate surface area is 184 Å². The van der Waals surface area contributed by atoms with Crippen molar-refractivity contribution in [2.75, 3.05) is 0 Å². The second kappa shape index (κ2) is 8.04. The molecule has 4 aromatic rings. The van der Waals surface area contributed by atoms with Gasteiger partial charge in [-0.2, -0.15) is 0 Å². The van der Waals surface area contributed by atoms with Gasteiger partial charge in [0.25, 0.3) is 0 Å². The second-order valence-corrected chi connectivity index (χ2v) is 8.54. The zero-order valence-corrected chi connectivity index (χ0v) is 19.0. The van der Waals surface area contributed by atoms with Gasteiger partial charge in [0.2, 0.25) is 0 Å². The average molecular weight is 460 g/mol. The molecular weight excluding hydrogens is 438 g/mol. The zero-order chi connectivity index (χ0) is 21.4. The third kappa shape index (κ3) is 3.88. The number of rotatable bonds is 3. The van der Waals surface area contributed by atoms with E-state index >= 15 is 0 Å². The fraction of sp³-hybridized carbons (Fsp3) is 0.154. The van der Waals surface area contributed by atoms with Gasteiger partial charge in [-0.05, 0) is 74.7 Å². The lowest BCUT2D eigenvalue weighted by Crippen LogP contribution is -2.11. The van der Waals surface area contributed by atoms with Crippen LogP contribution in [0.3, 0.4) is 0 Å². The van der Waals surface area contributed by atoms with E-state index in [0.717, 1.165) is 48.9 Å². The van der Waals surface area contributed by atoms with Crippen LogP contribution in [-0.2, 0) is 0 Å². The molecule has 0 bridgehead atoms. The number of esters is 1. The van der Waals surface area contributed by atoms with Crippen LogP contribution >= 0.6 is 15.9 Å². The maximum atomic E-state index is 13.3. The molecule has 0 aliphatic carbocycles. The monoisotopic (exact) mass is 459 g/mol. The molecule has 0 radical (unpaired) electrons. The van der Waals surface area contributed by atoms with E-state index in [1.807, 2.05) is 82.3 Å². The molecule has 0 saturated carbocycles. The minimum Gasteiger partial charge on any atom is -0.423 e. The van der Waals surface area contributed by atoms with Crippen LogP contribution in [0.4, 0.5) is 0 Å². The van der Waals surface area contributed by atoms with Crippen LogP contribution in [0.2, 0.25) is 0 Å². The molecule has 0 fully saturated rings. The maximum Gasteiger partial charge on any atom is 0.344 e. The van der Waals surface area contributed by atoms with Crippen molar-refractivity contribution in [2.24, 2.45) is 0 Å². The van der Waals surface area contributed by atoms with Crippen molar-refractivity contribution < 1.29 is 9.53 Å². The van der Waals surface area contributed by atoms with Crippen LogP contribution in [0.25, 0.3) is 22.2 Å². The molecule has 0 unspecified atom stereocenters. The zero-order valence-electron chi connectivity index (χ0n) is 17.4. The molecule has 3 aromatic carbocycles. The van der Waals surface area contributed by atoms with E-state index in [1.54, 1.807) is 0 Å². The highest BCUT2D eigenvalue weighted by atomic mass is 79.9. The standard InChI is InChI=1S/C26H22BrNO2/c1-15-12-17(3)25-21(13-15)22(14-23(28-25)19-8-10-20(27)11-9-19)26(29)30-24-7-5-6-16(2)18(24)4/h5-14H,1-4H3. The number of nitrogens with zero attached hydrogens (tertiary/aromatic N) is 1. The molecule has 0 amide bonds. The lowest BCUT2D eigenvalue weighted by molar-refractivity contribution is 0.0735. The minimum atomic E-state index is -0.375. The van der Waals surface area contributed by atoms with E-state index < -0.39 is 0 Å². The van der Waals surface area contributed by atoms with Crippen molar-refractivity contribution in [3.05, 3.63) is 93.0 Å².